The van der Waals surface area contributed by atoms with Gasteiger partial charge in [0.05, 0.1) is 11.5 Å². The number of carbonyl (C=O) groups is 1. The maximum atomic E-state index is 13.1. The highest BCUT2D eigenvalue weighted by Gasteiger charge is 2.26. The Kier molecular flexibility index (Phi) is 8.03. The van der Waals surface area contributed by atoms with E-state index >= 15 is 0 Å². The number of hydrogen-bond donors (Lipinski definition) is 2. The molecule has 0 aliphatic heterocycles. The van der Waals surface area contributed by atoms with Crippen molar-refractivity contribution in [2.45, 2.75) is 37.6 Å². The Bertz CT molecular complexity index is 1110. The Hall–Kier alpha value is -3.16. The van der Waals surface area contributed by atoms with Crippen LogP contribution in [0.5, 0.6) is 5.75 Å². The predicted octanol–water partition coefficient (Wildman–Crippen LogP) is 4.18. The number of nitrogens with one attached hydrogen (secondary N) is 2. The number of carbonyl (C=O) groups excluding carboxylic acids is 1. The summed E-state index contributed by atoms with van der Waals surface area (Å²) < 4.78 is 34.0. The van der Waals surface area contributed by atoms with E-state index in [1.807, 2.05) is 61.5 Å². The summed E-state index contributed by atoms with van der Waals surface area (Å²) in [6.07, 6.45) is 1.11. The van der Waals surface area contributed by atoms with Gasteiger partial charge in [-0.15, -0.1) is 0 Å². The number of anilines is 1. The molecule has 2 N–H and O–H groups in total. The lowest BCUT2D eigenvalue weighted by Gasteiger charge is -2.19. The van der Waals surface area contributed by atoms with Crippen molar-refractivity contribution in [2.75, 3.05) is 11.9 Å². The zero-order chi connectivity index (χ0) is 23.0. The Labute approximate surface area is 189 Å². The largest absolute Gasteiger partial charge is 0.494 e. The van der Waals surface area contributed by atoms with Crippen LogP contribution in [-0.2, 0) is 27.7 Å². The fourth-order valence-electron chi connectivity index (χ4n) is 3.23. The minimum atomic E-state index is -3.93. The molecule has 7 heteroatoms. The quantitative estimate of drug-likeness (QED) is 0.483. The molecule has 0 aromatic heterocycles. The second-order valence-corrected chi connectivity index (χ2v) is 9.02. The number of ether oxygens (including phenoxy) is 1. The summed E-state index contributed by atoms with van der Waals surface area (Å²) in [6, 6.07) is 22.0. The average molecular weight is 453 g/mol. The third-order valence-electron chi connectivity index (χ3n) is 4.97. The Morgan fingerprint density at radius 2 is 1.53 bits per heavy atom. The lowest BCUT2D eigenvalue weighted by atomic mass is 10.1. The van der Waals surface area contributed by atoms with E-state index in [9.17, 15) is 13.2 Å². The van der Waals surface area contributed by atoms with Crippen LogP contribution in [0.1, 0.15) is 25.0 Å². The second-order valence-electron chi connectivity index (χ2n) is 7.31. The zero-order valence-corrected chi connectivity index (χ0v) is 19.1. The fourth-order valence-corrected chi connectivity index (χ4v) is 4.42. The van der Waals surface area contributed by atoms with Gasteiger partial charge < -0.3 is 10.1 Å². The highest BCUT2D eigenvalue weighted by molar-refractivity contribution is 7.89. The first-order chi connectivity index (χ1) is 15.4. The van der Waals surface area contributed by atoms with Crippen LogP contribution in [0.15, 0.2) is 83.8 Å². The van der Waals surface area contributed by atoms with E-state index in [0.717, 1.165) is 17.5 Å². The molecule has 0 aliphatic carbocycles. The third kappa shape index (κ3) is 6.42. The van der Waals surface area contributed by atoms with Crippen molar-refractivity contribution in [3.63, 3.8) is 0 Å². The van der Waals surface area contributed by atoms with Gasteiger partial charge in [-0.2, -0.15) is 4.72 Å². The first-order valence-electron chi connectivity index (χ1n) is 10.6. The minimum absolute atomic E-state index is 0.0686. The molecular weight excluding hydrogens is 424 g/mol. The standard InChI is InChI=1S/C25H28N2O4S/c1-3-19-10-12-21(13-11-19)26-25(28)24(18-20-8-6-5-7-9-20)27-32(29,30)23-16-14-22(15-17-23)31-4-2/h5-17,24,27H,3-4,18H2,1-2H3,(H,26,28). The summed E-state index contributed by atoms with van der Waals surface area (Å²) in [5.74, 6) is 0.160. The van der Waals surface area contributed by atoms with Crippen molar-refractivity contribution in [2.24, 2.45) is 0 Å². The Balaban J connectivity index is 1.81. The minimum Gasteiger partial charge on any atom is -0.494 e. The van der Waals surface area contributed by atoms with Crippen molar-refractivity contribution < 1.29 is 17.9 Å². The van der Waals surface area contributed by atoms with Gasteiger partial charge in [-0.25, -0.2) is 8.42 Å². The van der Waals surface area contributed by atoms with E-state index in [1.54, 1.807) is 12.1 Å². The first kappa shape index (κ1) is 23.5. The fraction of sp³-hybridized carbons (Fsp3) is 0.240. The molecular formula is C25H28N2O4S. The summed E-state index contributed by atoms with van der Waals surface area (Å²) in [6.45, 7) is 4.40. The molecule has 6 nitrogen and oxygen atoms in total. The molecule has 1 atom stereocenters. The number of benzene rings is 3. The summed E-state index contributed by atoms with van der Waals surface area (Å²) in [7, 11) is -3.93. The van der Waals surface area contributed by atoms with Crippen LogP contribution in [0.3, 0.4) is 0 Å². The molecule has 1 amide bonds. The molecule has 0 saturated heterocycles. The molecule has 0 aliphatic rings. The van der Waals surface area contributed by atoms with Gasteiger partial charge in [-0.3, -0.25) is 4.79 Å². The molecule has 0 heterocycles. The van der Waals surface area contributed by atoms with Crippen LogP contribution in [0.4, 0.5) is 5.69 Å². The van der Waals surface area contributed by atoms with Gasteiger partial charge in [-0.05, 0) is 67.3 Å². The molecule has 0 fully saturated rings. The Morgan fingerprint density at radius 3 is 2.12 bits per heavy atom. The summed E-state index contributed by atoms with van der Waals surface area (Å²) in [4.78, 5) is 13.1. The van der Waals surface area contributed by atoms with Crippen molar-refractivity contribution in [1.82, 2.24) is 4.72 Å². The molecule has 3 aromatic rings. The molecule has 168 valence electrons. The zero-order valence-electron chi connectivity index (χ0n) is 18.2. The Morgan fingerprint density at radius 1 is 0.875 bits per heavy atom. The van der Waals surface area contributed by atoms with Gasteiger partial charge in [0, 0.05) is 5.69 Å². The SMILES string of the molecule is CCOc1ccc(S(=O)(=O)NC(Cc2ccccc2)C(=O)Nc2ccc(CC)cc2)cc1. The van der Waals surface area contributed by atoms with Crippen LogP contribution in [0, 0.1) is 0 Å². The molecule has 3 aromatic carbocycles. The maximum Gasteiger partial charge on any atom is 0.242 e. The molecule has 0 bridgehead atoms. The van der Waals surface area contributed by atoms with Gasteiger partial charge >= 0.3 is 0 Å². The normalized spacial score (nSPS) is 12.2. The highest BCUT2D eigenvalue weighted by atomic mass is 32.2. The monoisotopic (exact) mass is 452 g/mol. The second kappa shape index (κ2) is 10.9. The van der Waals surface area contributed by atoms with E-state index in [-0.39, 0.29) is 11.3 Å². The van der Waals surface area contributed by atoms with Gasteiger partial charge in [0.25, 0.3) is 0 Å². The highest BCUT2D eigenvalue weighted by Crippen LogP contribution is 2.18. The van der Waals surface area contributed by atoms with Crippen molar-refractivity contribution in [1.29, 1.82) is 0 Å². The lowest BCUT2D eigenvalue weighted by Crippen LogP contribution is -2.45. The lowest BCUT2D eigenvalue weighted by molar-refractivity contribution is -0.117. The van der Waals surface area contributed by atoms with Crippen molar-refractivity contribution in [3.8, 4) is 5.75 Å². The molecule has 0 spiro atoms. The maximum absolute atomic E-state index is 13.1. The van der Waals surface area contributed by atoms with E-state index < -0.39 is 22.0 Å². The van der Waals surface area contributed by atoms with Gasteiger partial charge in [0.1, 0.15) is 11.8 Å². The van der Waals surface area contributed by atoms with Gasteiger partial charge in [0.15, 0.2) is 0 Å². The van der Waals surface area contributed by atoms with Crippen molar-refractivity contribution in [3.05, 3.63) is 90.0 Å². The molecule has 3 rings (SSSR count). The third-order valence-corrected chi connectivity index (χ3v) is 6.46. The summed E-state index contributed by atoms with van der Waals surface area (Å²) >= 11 is 0. The number of aryl methyl sites for hydroxylation is 1. The smallest absolute Gasteiger partial charge is 0.242 e. The molecule has 1 unspecified atom stereocenters. The predicted molar refractivity (Wildman–Crippen MR) is 126 cm³/mol. The van der Waals surface area contributed by atoms with Crippen LogP contribution in [-0.4, -0.2) is 27.0 Å². The molecule has 0 radical (unpaired) electrons. The van der Waals surface area contributed by atoms with E-state index in [1.165, 1.54) is 12.1 Å². The number of sulfonamides is 1. The van der Waals surface area contributed by atoms with Gasteiger partial charge in [0.2, 0.25) is 15.9 Å². The van der Waals surface area contributed by atoms with E-state index in [2.05, 4.69) is 17.0 Å². The number of rotatable bonds is 10. The average Bonchev–Trinajstić information content (AvgIpc) is 2.80. The number of amides is 1. The van der Waals surface area contributed by atoms with Crippen molar-refractivity contribution >= 4 is 21.6 Å². The summed E-state index contributed by atoms with van der Waals surface area (Å²) in [5.41, 5.74) is 2.62. The van der Waals surface area contributed by atoms with E-state index in [0.29, 0.717) is 18.0 Å². The number of hydrogen-bond acceptors (Lipinski definition) is 4. The van der Waals surface area contributed by atoms with Crippen LogP contribution >= 0.6 is 0 Å². The van der Waals surface area contributed by atoms with Crippen LogP contribution in [0.25, 0.3) is 0 Å². The van der Waals surface area contributed by atoms with Gasteiger partial charge in [-0.1, -0.05) is 49.4 Å². The summed E-state index contributed by atoms with van der Waals surface area (Å²) in [5, 5.41) is 2.83. The van der Waals surface area contributed by atoms with Crippen LogP contribution in [0.2, 0.25) is 0 Å². The molecule has 0 saturated carbocycles. The first-order valence-corrected chi connectivity index (χ1v) is 12.1. The van der Waals surface area contributed by atoms with E-state index in [4.69, 9.17) is 4.74 Å². The van der Waals surface area contributed by atoms with Crippen LogP contribution < -0.4 is 14.8 Å². The molecule has 32 heavy (non-hydrogen) atoms. The topological polar surface area (TPSA) is 84.5 Å².